The molecule has 0 radical (unpaired) electrons. The van der Waals surface area contributed by atoms with Crippen LogP contribution in [0.5, 0.6) is 0 Å². The number of nitrogens with zero attached hydrogens (tertiary/aromatic N) is 2. The maximum atomic E-state index is 12.5. The highest BCUT2D eigenvalue weighted by Gasteiger charge is 2.25. The molecular formula is C18H18ClN3O3. The molecule has 1 N–H and O–H groups in total. The second-order valence-corrected chi connectivity index (χ2v) is 6.48. The molecule has 2 aromatic carbocycles. The molecule has 1 amide bonds. The summed E-state index contributed by atoms with van der Waals surface area (Å²) in [6.45, 7) is 3.38. The number of carbonyl (C=O) groups is 1. The lowest BCUT2D eigenvalue weighted by Crippen LogP contribution is -2.44. The Labute approximate surface area is 150 Å². The van der Waals surface area contributed by atoms with E-state index < -0.39 is 4.92 Å². The SMILES string of the molecule is CC(C(=O)Nc1ccc([N+](=O)[O-])cc1Cl)N1CCc2ccccc2C1. The van der Waals surface area contributed by atoms with Crippen LogP contribution in [0.1, 0.15) is 18.1 Å². The third kappa shape index (κ3) is 3.81. The number of non-ortho nitro benzene ring substituents is 1. The van der Waals surface area contributed by atoms with Crippen LogP contribution in [0.25, 0.3) is 0 Å². The predicted octanol–water partition coefficient (Wildman–Crippen LogP) is 3.63. The Hall–Kier alpha value is -2.44. The molecule has 130 valence electrons. The van der Waals surface area contributed by atoms with Crippen LogP contribution in [0.3, 0.4) is 0 Å². The van der Waals surface area contributed by atoms with E-state index in [1.807, 2.05) is 19.1 Å². The average molecular weight is 360 g/mol. The van der Waals surface area contributed by atoms with Crippen molar-refractivity contribution in [3.05, 3.63) is 68.7 Å². The molecule has 1 unspecified atom stereocenters. The molecule has 1 aliphatic heterocycles. The number of nitro groups is 1. The first kappa shape index (κ1) is 17.4. The zero-order valence-electron chi connectivity index (χ0n) is 13.7. The Balaban J connectivity index is 1.68. The standard InChI is InChI=1S/C18H18ClN3O3/c1-12(21-9-8-13-4-2-3-5-14(13)11-21)18(23)20-17-7-6-15(22(24)25)10-16(17)19/h2-7,10,12H,8-9,11H2,1H3,(H,20,23). The summed E-state index contributed by atoms with van der Waals surface area (Å²) in [5, 5.41) is 13.7. The van der Waals surface area contributed by atoms with Gasteiger partial charge in [0.05, 0.1) is 21.7 Å². The first-order valence-corrected chi connectivity index (χ1v) is 8.39. The third-order valence-electron chi connectivity index (χ3n) is 4.51. The fourth-order valence-electron chi connectivity index (χ4n) is 2.97. The van der Waals surface area contributed by atoms with Gasteiger partial charge in [0, 0.05) is 25.2 Å². The number of benzene rings is 2. The summed E-state index contributed by atoms with van der Waals surface area (Å²) in [5.74, 6) is -0.185. The quantitative estimate of drug-likeness (QED) is 0.668. The molecule has 1 atom stereocenters. The Morgan fingerprint density at radius 1 is 1.28 bits per heavy atom. The van der Waals surface area contributed by atoms with E-state index in [0.29, 0.717) is 5.69 Å². The van der Waals surface area contributed by atoms with E-state index in [2.05, 4.69) is 22.3 Å². The van der Waals surface area contributed by atoms with Gasteiger partial charge in [0.15, 0.2) is 0 Å². The van der Waals surface area contributed by atoms with Crippen molar-refractivity contribution in [2.45, 2.75) is 25.9 Å². The second kappa shape index (κ2) is 7.21. The van der Waals surface area contributed by atoms with E-state index in [1.165, 1.54) is 29.3 Å². The van der Waals surface area contributed by atoms with Crippen LogP contribution in [-0.2, 0) is 17.8 Å². The van der Waals surface area contributed by atoms with Gasteiger partial charge >= 0.3 is 0 Å². The first-order chi connectivity index (χ1) is 12.0. The Kier molecular flexibility index (Phi) is 5.01. The lowest BCUT2D eigenvalue weighted by molar-refractivity contribution is -0.384. The van der Waals surface area contributed by atoms with Gasteiger partial charge in [-0.2, -0.15) is 0 Å². The van der Waals surface area contributed by atoms with Crippen molar-refractivity contribution >= 4 is 28.9 Å². The smallest absolute Gasteiger partial charge is 0.271 e. The maximum absolute atomic E-state index is 12.5. The van der Waals surface area contributed by atoms with Gasteiger partial charge in [-0.05, 0) is 30.5 Å². The average Bonchev–Trinajstić information content (AvgIpc) is 2.62. The van der Waals surface area contributed by atoms with Crippen molar-refractivity contribution < 1.29 is 9.72 Å². The summed E-state index contributed by atoms with van der Waals surface area (Å²) in [4.78, 5) is 24.9. The number of anilines is 1. The van der Waals surface area contributed by atoms with E-state index in [4.69, 9.17) is 11.6 Å². The van der Waals surface area contributed by atoms with E-state index in [9.17, 15) is 14.9 Å². The first-order valence-electron chi connectivity index (χ1n) is 8.01. The number of nitro benzene ring substituents is 1. The number of hydrogen-bond acceptors (Lipinski definition) is 4. The molecule has 1 heterocycles. The van der Waals surface area contributed by atoms with Crippen molar-refractivity contribution in [3.8, 4) is 0 Å². The molecular weight excluding hydrogens is 342 g/mol. The third-order valence-corrected chi connectivity index (χ3v) is 4.82. The number of rotatable bonds is 4. The second-order valence-electron chi connectivity index (χ2n) is 6.08. The van der Waals surface area contributed by atoms with Crippen molar-refractivity contribution in [1.29, 1.82) is 0 Å². The Morgan fingerprint density at radius 2 is 2.00 bits per heavy atom. The molecule has 3 rings (SSSR count). The van der Waals surface area contributed by atoms with Gasteiger partial charge in [0.2, 0.25) is 5.91 Å². The molecule has 0 bridgehead atoms. The Morgan fingerprint density at radius 3 is 2.68 bits per heavy atom. The van der Waals surface area contributed by atoms with Gasteiger partial charge in [-0.25, -0.2) is 0 Å². The molecule has 25 heavy (non-hydrogen) atoms. The monoisotopic (exact) mass is 359 g/mol. The molecule has 0 aromatic heterocycles. The van der Waals surface area contributed by atoms with Gasteiger partial charge in [-0.3, -0.25) is 19.8 Å². The largest absolute Gasteiger partial charge is 0.323 e. The van der Waals surface area contributed by atoms with Crippen molar-refractivity contribution in [1.82, 2.24) is 4.90 Å². The van der Waals surface area contributed by atoms with Crippen LogP contribution in [-0.4, -0.2) is 28.3 Å². The molecule has 7 heteroatoms. The summed E-state index contributed by atoms with van der Waals surface area (Å²) < 4.78 is 0. The van der Waals surface area contributed by atoms with Gasteiger partial charge in [-0.15, -0.1) is 0 Å². The zero-order chi connectivity index (χ0) is 18.0. The fourth-order valence-corrected chi connectivity index (χ4v) is 3.19. The van der Waals surface area contributed by atoms with Crippen LogP contribution in [0.15, 0.2) is 42.5 Å². The van der Waals surface area contributed by atoms with Crippen molar-refractivity contribution in [2.24, 2.45) is 0 Å². The van der Waals surface area contributed by atoms with Crippen LogP contribution in [0, 0.1) is 10.1 Å². The van der Waals surface area contributed by atoms with E-state index >= 15 is 0 Å². The molecule has 0 fully saturated rings. The molecule has 6 nitrogen and oxygen atoms in total. The highest BCUT2D eigenvalue weighted by atomic mass is 35.5. The normalized spacial score (nSPS) is 15.3. The lowest BCUT2D eigenvalue weighted by atomic mass is 9.99. The highest BCUT2D eigenvalue weighted by Crippen LogP contribution is 2.27. The van der Waals surface area contributed by atoms with Crippen LogP contribution in [0.4, 0.5) is 11.4 Å². The van der Waals surface area contributed by atoms with E-state index in [-0.39, 0.29) is 22.7 Å². The minimum atomic E-state index is -0.523. The minimum absolute atomic E-state index is 0.108. The minimum Gasteiger partial charge on any atom is -0.323 e. The Bertz CT molecular complexity index is 825. The topological polar surface area (TPSA) is 75.5 Å². The molecule has 2 aromatic rings. The number of amides is 1. The fraction of sp³-hybridized carbons (Fsp3) is 0.278. The summed E-state index contributed by atoms with van der Waals surface area (Å²) in [6, 6.07) is 11.9. The molecule has 0 spiro atoms. The molecule has 0 saturated carbocycles. The number of hydrogen-bond donors (Lipinski definition) is 1. The van der Waals surface area contributed by atoms with Gasteiger partial charge < -0.3 is 5.32 Å². The van der Waals surface area contributed by atoms with E-state index in [1.54, 1.807) is 0 Å². The van der Waals surface area contributed by atoms with Gasteiger partial charge in [-0.1, -0.05) is 35.9 Å². The van der Waals surface area contributed by atoms with Gasteiger partial charge in [0.1, 0.15) is 0 Å². The van der Waals surface area contributed by atoms with Crippen molar-refractivity contribution in [2.75, 3.05) is 11.9 Å². The van der Waals surface area contributed by atoms with Crippen LogP contribution < -0.4 is 5.32 Å². The summed E-state index contributed by atoms with van der Waals surface area (Å²) in [5.41, 5.74) is 2.83. The zero-order valence-corrected chi connectivity index (χ0v) is 14.5. The maximum Gasteiger partial charge on any atom is 0.271 e. The predicted molar refractivity (Wildman–Crippen MR) is 96.8 cm³/mol. The summed E-state index contributed by atoms with van der Waals surface area (Å²) in [6.07, 6.45) is 0.909. The van der Waals surface area contributed by atoms with Crippen molar-refractivity contribution in [3.63, 3.8) is 0 Å². The number of nitrogens with one attached hydrogen (secondary N) is 1. The molecule has 0 saturated heterocycles. The lowest BCUT2D eigenvalue weighted by Gasteiger charge is -2.32. The summed E-state index contributed by atoms with van der Waals surface area (Å²) in [7, 11) is 0. The number of fused-ring (bicyclic) bond motifs is 1. The number of carbonyl (C=O) groups excluding carboxylic acids is 1. The van der Waals surface area contributed by atoms with Crippen LogP contribution >= 0.6 is 11.6 Å². The van der Waals surface area contributed by atoms with Crippen LogP contribution in [0.2, 0.25) is 5.02 Å². The highest BCUT2D eigenvalue weighted by molar-refractivity contribution is 6.34. The van der Waals surface area contributed by atoms with Gasteiger partial charge in [0.25, 0.3) is 5.69 Å². The van der Waals surface area contributed by atoms with E-state index in [0.717, 1.165) is 19.5 Å². The summed E-state index contributed by atoms with van der Waals surface area (Å²) >= 11 is 6.04. The number of halogens is 1. The molecule has 0 aliphatic carbocycles. The molecule has 1 aliphatic rings.